The van der Waals surface area contributed by atoms with Gasteiger partial charge < -0.3 is 5.32 Å². The molecule has 7 heteroatoms. The minimum Gasteiger partial charge on any atom is -0.352 e. The van der Waals surface area contributed by atoms with Crippen molar-refractivity contribution in [2.45, 2.75) is 49.2 Å². The average Bonchev–Trinajstić information content (AvgIpc) is 3.19. The zero-order chi connectivity index (χ0) is 15.5. The minimum absolute atomic E-state index is 0.0250. The van der Waals surface area contributed by atoms with Crippen LogP contribution in [-0.2, 0) is 4.79 Å². The summed E-state index contributed by atoms with van der Waals surface area (Å²) in [6, 6.07) is 10.3. The van der Waals surface area contributed by atoms with E-state index in [1.54, 1.807) is 4.68 Å². The van der Waals surface area contributed by atoms with Gasteiger partial charge in [0.15, 0.2) is 0 Å². The Balaban J connectivity index is 1.84. The Morgan fingerprint density at radius 1 is 1.32 bits per heavy atom. The second-order valence-corrected chi connectivity index (χ2v) is 6.76. The minimum atomic E-state index is -0.342. The summed E-state index contributed by atoms with van der Waals surface area (Å²) < 4.78 is 1.74. The van der Waals surface area contributed by atoms with Crippen LogP contribution in [-0.4, -0.2) is 32.2 Å². The maximum absolute atomic E-state index is 12.6. The third kappa shape index (κ3) is 3.47. The zero-order valence-electron chi connectivity index (χ0n) is 12.6. The van der Waals surface area contributed by atoms with Crippen molar-refractivity contribution in [1.29, 1.82) is 0 Å². The van der Waals surface area contributed by atoms with Gasteiger partial charge in [-0.25, -0.2) is 4.68 Å². The number of amides is 1. The van der Waals surface area contributed by atoms with Crippen molar-refractivity contribution in [3.63, 3.8) is 0 Å². The van der Waals surface area contributed by atoms with Gasteiger partial charge in [0.2, 0.25) is 11.1 Å². The Labute approximate surface area is 133 Å². The van der Waals surface area contributed by atoms with E-state index in [4.69, 9.17) is 0 Å². The van der Waals surface area contributed by atoms with E-state index in [-0.39, 0.29) is 17.2 Å². The zero-order valence-corrected chi connectivity index (χ0v) is 13.5. The van der Waals surface area contributed by atoms with Gasteiger partial charge in [-0.2, -0.15) is 0 Å². The van der Waals surface area contributed by atoms with Crippen molar-refractivity contribution in [2.24, 2.45) is 0 Å². The van der Waals surface area contributed by atoms with Gasteiger partial charge in [0.25, 0.3) is 0 Å². The first kappa shape index (κ1) is 15.0. The van der Waals surface area contributed by atoms with Gasteiger partial charge in [0.05, 0.1) is 6.04 Å². The Hall–Kier alpha value is -1.89. The van der Waals surface area contributed by atoms with E-state index in [1.807, 2.05) is 44.2 Å². The highest BCUT2D eigenvalue weighted by atomic mass is 32.2. The van der Waals surface area contributed by atoms with Crippen molar-refractivity contribution in [2.75, 3.05) is 0 Å². The van der Waals surface area contributed by atoms with Crippen molar-refractivity contribution >= 4 is 17.7 Å². The second kappa shape index (κ2) is 6.48. The summed E-state index contributed by atoms with van der Waals surface area (Å²) in [6.07, 6.45) is 2.14. The summed E-state index contributed by atoms with van der Waals surface area (Å²) in [5, 5.41) is 15.2. The van der Waals surface area contributed by atoms with Crippen LogP contribution in [0.25, 0.3) is 0 Å². The highest BCUT2D eigenvalue weighted by molar-refractivity contribution is 8.00. The topological polar surface area (TPSA) is 72.7 Å². The number of nitrogens with zero attached hydrogens (tertiary/aromatic N) is 4. The standard InChI is InChI=1S/C15H19N5OS/c1-10(2)20-15(17-18-19-20)22-13(11-6-4-3-5-7-11)14(21)16-12-8-9-12/h3-7,10,12-13H,8-9H2,1-2H3,(H,16,21). The van der Waals surface area contributed by atoms with Gasteiger partial charge in [-0.1, -0.05) is 42.1 Å². The molecule has 1 amide bonds. The molecule has 116 valence electrons. The van der Waals surface area contributed by atoms with E-state index in [9.17, 15) is 4.79 Å². The number of hydrogen-bond donors (Lipinski definition) is 1. The maximum Gasteiger partial charge on any atom is 0.238 e. The molecule has 2 aromatic rings. The van der Waals surface area contributed by atoms with E-state index in [0.717, 1.165) is 18.4 Å². The lowest BCUT2D eigenvalue weighted by Gasteiger charge is -2.17. The Morgan fingerprint density at radius 3 is 2.68 bits per heavy atom. The highest BCUT2D eigenvalue weighted by Gasteiger charge is 2.30. The molecule has 1 heterocycles. The van der Waals surface area contributed by atoms with Gasteiger partial charge in [-0.15, -0.1) is 5.10 Å². The second-order valence-electron chi connectivity index (χ2n) is 5.69. The average molecular weight is 317 g/mol. The fourth-order valence-corrected chi connectivity index (χ4v) is 3.22. The summed E-state index contributed by atoms with van der Waals surface area (Å²) in [6.45, 7) is 4.03. The van der Waals surface area contributed by atoms with E-state index < -0.39 is 0 Å². The number of rotatable bonds is 6. The number of aromatic nitrogens is 4. The van der Waals surface area contributed by atoms with Gasteiger partial charge in [0.1, 0.15) is 5.25 Å². The van der Waals surface area contributed by atoms with E-state index in [2.05, 4.69) is 20.8 Å². The summed E-state index contributed by atoms with van der Waals surface area (Å²) >= 11 is 1.40. The van der Waals surface area contributed by atoms with Crippen LogP contribution in [0.2, 0.25) is 0 Å². The van der Waals surface area contributed by atoms with Crippen LogP contribution in [0.15, 0.2) is 35.5 Å². The predicted octanol–water partition coefficient (Wildman–Crippen LogP) is 2.37. The number of hydrogen-bond acceptors (Lipinski definition) is 5. The summed E-state index contributed by atoms with van der Waals surface area (Å²) in [5.74, 6) is 0.0250. The monoisotopic (exact) mass is 317 g/mol. The quantitative estimate of drug-likeness (QED) is 0.828. The summed E-state index contributed by atoms with van der Waals surface area (Å²) in [7, 11) is 0. The highest BCUT2D eigenvalue weighted by Crippen LogP contribution is 2.35. The molecule has 1 aliphatic rings. The van der Waals surface area contributed by atoms with Crippen LogP contribution in [0.4, 0.5) is 0 Å². The summed E-state index contributed by atoms with van der Waals surface area (Å²) in [4.78, 5) is 12.6. The predicted molar refractivity (Wildman–Crippen MR) is 84.4 cm³/mol. The van der Waals surface area contributed by atoms with Crippen LogP contribution >= 0.6 is 11.8 Å². The Bertz CT molecular complexity index is 638. The van der Waals surface area contributed by atoms with Crippen molar-refractivity contribution in [1.82, 2.24) is 25.5 Å². The lowest BCUT2D eigenvalue weighted by molar-refractivity contribution is -0.120. The van der Waals surface area contributed by atoms with Gasteiger partial charge in [0, 0.05) is 6.04 Å². The van der Waals surface area contributed by atoms with Gasteiger partial charge in [-0.05, 0) is 42.7 Å². The molecule has 0 spiro atoms. The van der Waals surface area contributed by atoms with Gasteiger partial charge >= 0.3 is 0 Å². The number of carbonyl (C=O) groups is 1. The first-order valence-electron chi connectivity index (χ1n) is 7.45. The molecule has 1 aromatic carbocycles. The molecule has 1 atom stereocenters. The maximum atomic E-state index is 12.6. The molecule has 1 saturated carbocycles. The molecular weight excluding hydrogens is 298 g/mol. The molecular formula is C15H19N5OS. The van der Waals surface area contributed by atoms with Gasteiger partial charge in [-0.3, -0.25) is 4.79 Å². The molecule has 0 bridgehead atoms. The molecule has 1 N–H and O–H groups in total. The third-order valence-corrected chi connectivity index (χ3v) is 4.64. The fraction of sp³-hybridized carbons (Fsp3) is 0.467. The molecule has 3 rings (SSSR count). The number of nitrogens with one attached hydrogen (secondary N) is 1. The van der Waals surface area contributed by atoms with E-state index in [0.29, 0.717) is 11.2 Å². The SMILES string of the molecule is CC(C)n1nnnc1SC(C(=O)NC1CC1)c1ccccc1. The number of tetrazole rings is 1. The first-order chi connectivity index (χ1) is 10.6. The van der Waals surface area contributed by atoms with E-state index in [1.165, 1.54) is 11.8 Å². The van der Waals surface area contributed by atoms with Crippen LogP contribution in [0.5, 0.6) is 0 Å². The Kier molecular flexibility index (Phi) is 4.42. The molecule has 1 fully saturated rings. The number of thioether (sulfide) groups is 1. The summed E-state index contributed by atoms with van der Waals surface area (Å²) in [5.41, 5.74) is 0.962. The number of benzene rings is 1. The fourth-order valence-electron chi connectivity index (χ4n) is 2.10. The molecule has 1 aromatic heterocycles. The van der Waals surface area contributed by atoms with Crippen molar-refractivity contribution in [3.05, 3.63) is 35.9 Å². The normalized spacial score (nSPS) is 15.8. The van der Waals surface area contributed by atoms with Crippen molar-refractivity contribution < 1.29 is 4.79 Å². The lowest BCUT2D eigenvalue weighted by atomic mass is 10.1. The largest absolute Gasteiger partial charge is 0.352 e. The molecule has 0 radical (unpaired) electrons. The molecule has 0 aliphatic heterocycles. The first-order valence-corrected chi connectivity index (χ1v) is 8.33. The number of carbonyl (C=O) groups excluding carboxylic acids is 1. The molecule has 22 heavy (non-hydrogen) atoms. The molecule has 6 nitrogen and oxygen atoms in total. The third-order valence-electron chi connectivity index (χ3n) is 3.44. The van der Waals surface area contributed by atoms with Crippen LogP contribution in [0, 0.1) is 0 Å². The smallest absolute Gasteiger partial charge is 0.238 e. The molecule has 1 aliphatic carbocycles. The van der Waals surface area contributed by atoms with Crippen molar-refractivity contribution in [3.8, 4) is 0 Å². The molecule has 1 unspecified atom stereocenters. The van der Waals surface area contributed by atoms with Crippen LogP contribution in [0.1, 0.15) is 43.5 Å². The van der Waals surface area contributed by atoms with Crippen LogP contribution < -0.4 is 5.32 Å². The van der Waals surface area contributed by atoms with E-state index >= 15 is 0 Å². The lowest BCUT2D eigenvalue weighted by Crippen LogP contribution is -2.30. The Morgan fingerprint density at radius 2 is 2.05 bits per heavy atom. The van der Waals surface area contributed by atoms with Crippen LogP contribution in [0.3, 0.4) is 0 Å². The molecule has 0 saturated heterocycles.